The molecule has 1 atom stereocenters. The molecule has 0 bridgehead atoms. The summed E-state index contributed by atoms with van der Waals surface area (Å²) in [5.74, 6) is 0.0581. The Balaban J connectivity index is 1.84. The third kappa shape index (κ3) is 5.19. The molecule has 0 aliphatic carbocycles. The van der Waals surface area contributed by atoms with Crippen LogP contribution in [-0.4, -0.2) is 24.9 Å². The molecule has 23 heavy (non-hydrogen) atoms. The maximum Gasteiger partial charge on any atom is 0.261 e. The average molecular weight is 331 g/mol. The van der Waals surface area contributed by atoms with Crippen molar-refractivity contribution in [2.75, 3.05) is 13.1 Å². The number of nitrogens with two attached hydrogens (primary N) is 1. The fraction of sp³-hybridized carbons (Fsp3) is 0.294. The number of nitrogens with one attached hydrogen (secondary N) is 2. The summed E-state index contributed by atoms with van der Waals surface area (Å²) in [6, 6.07) is 10.8. The Labute approximate surface area is 139 Å². The number of hydrogen-bond acceptors (Lipinski definition) is 4. The normalized spacial score (nSPS) is 11.7. The van der Waals surface area contributed by atoms with E-state index in [0.29, 0.717) is 30.1 Å². The van der Waals surface area contributed by atoms with Crippen molar-refractivity contribution in [3.05, 3.63) is 57.8 Å². The molecule has 0 saturated carbocycles. The quantitative estimate of drug-likeness (QED) is 0.725. The molecule has 0 fully saturated rings. The zero-order chi connectivity index (χ0) is 16.7. The van der Waals surface area contributed by atoms with Crippen LogP contribution in [0.1, 0.15) is 32.5 Å². The van der Waals surface area contributed by atoms with E-state index >= 15 is 0 Å². The van der Waals surface area contributed by atoms with Gasteiger partial charge in [0.05, 0.1) is 4.88 Å². The first-order chi connectivity index (χ1) is 11.1. The van der Waals surface area contributed by atoms with Crippen LogP contribution >= 0.6 is 11.3 Å². The molecule has 0 aliphatic rings. The van der Waals surface area contributed by atoms with Crippen LogP contribution in [-0.2, 0) is 6.54 Å². The van der Waals surface area contributed by atoms with Crippen LogP contribution in [0.15, 0.2) is 41.8 Å². The van der Waals surface area contributed by atoms with Crippen LogP contribution in [0.3, 0.4) is 0 Å². The zero-order valence-corrected chi connectivity index (χ0v) is 13.9. The van der Waals surface area contributed by atoms with Crippen molar-refractivity contribution in [3.8, 4) is 0 Å². The number of carbonyl (C=O) groups is 2. The number of amides is 2. The van der Waals surface area contributed by atoms with Gasteiger partial charge in [-0.15, -0.1) is 11.3 Å². The Bertz CT molecular complexity index is 638. The number of benzene rings is 1. The largest absolute Gasteiger partial charge is 0.352 e. The summed E-state index contributed by atoms with van der Waals surface area (Å²) in [7, 11) is 0. The van der Waals surface area contributed by atoms with Crippen molar-refractivity contribution in [2.45, 2.75) is 13.5 Å². The van der Waals surface area contributed by atoms with Gasteiger partial charge in [0.25, 0.3) is 11.8 Å². The van der Waals surface area contributed by atoms with Gasteiger partial charge in [0.1, 0.15) is 0 Å². The van der Waals surface area contributed by atoms with Gasteiger partial charge < -0.3 is 16.4 Å². The van der Waals surface area contributed by atoms with Crippen molar-refractivity contribution in [2.24, 2.45) is 11.7 Å². The second kappa shape index (κ2) is 8.45. The van der Waals surface area contributed by atoms with E-state index in [1.54, 1.807) is 18.2 Å². The van der Waals surface area contributed by atoms with Crippen LogP contribution in [0, 0.1) is 5.92 Å². The Morgan fingerprint density at radius 2 is 1.87 bits per heavy atom. The minimum absolute atomic E-state index is 0.0856. The predicted molar refractivity (Wildman–Crippen MR) is 92.5 cm³/mol. The van der Waals surface area contributed by atoms with E-state index in [9.17, 15) is 9.59 Å². The molecule has 0 spiro atoms. The van der Waals surface area contributed by atoms with Crippen molar-refractivity contribution in [1.82, 2.24) is 10.6 Å². The summed E-state index contributed by atoms with van der Waals surface area (Å²) in [6.07, 6.45) is 0. The molecule has 2 aromatic rings. The smallest absolute Gasteiger partial charge is 0.261 e. The van der Waals surface area contributed by atoms with E-state index in [0.717, 1.165) is 5.56 Å². The van der Waals surface area contributed by atoms with E-state index in [1.807, 2.05) is 30.5 Å². The zero-order valence-electron chi connectivity index (χ0n) is 13.0. The van der Waals surface area contributed by atoms with Gasteiger partial charge in [-0.3, -0.25) is 9.59 Å². The molecule has 1 aromatic heterocycles. The van der Waals surface area contributed by atoms with Crippen LogP contribution in [0.5, 0.6) is 0 Å². The van der Waals surface area contributed by atoms with Gasteiger partial charge in [-0.1, -0.05) is 25.1 Å². The van der Waals surface area contributed by atoms with Crippen molar-refractivity contribution >= 4 is 23.2 Å². The predicted octanol–water partition coefficient (Wildman–Crippen LogP) is 2.00. The molecular weight excluding hydrogens is 310 g/mol. The van der Waals surface area contributed by atoms with Gasteiger partial charge in [0.2, 0.25) is 0 Å². The van der Waals surface area contributed by atoms with Gasteiger partial charge in [-0.25, -0.2) is 0 Å². The van der Waals surface area contributed by atoms with Crippen molar-refractivity contribution in [1.29, 1.82) is 0 Å². The van der Waals surface area contributed by atoms with Gasteiger partial charge in [-0.2, -0.15) is 0 Å². The van der Waals surface area contributed by atoms with Crippen LogP contribution in [0.4, 0.5) is 0 Å². The second-order valence-corrected chi connectivity index (χ2v) is 6.36. The van der Waals surface area contributed by atoms with Gasteiger partial charge in [0, 0.05) is 18.7 Å². The number of thiophene rings is 1. The minimum Gasteiger partial charge on any atom is -0.352 e. The highest BCUT2D eigenvalue weighted by atomic mass is 32.1. The van der Waals surface area contributed by atoms with Crippen LogP contribution in [0.25, 0.3) is 0 Å². The lowest BCUT2D eigenvalue weighted by Crippen LogP contribution is -2.31. The van der Waals surface area contributed by atoms with Gasteiger partial charge in [-0.05, 0) is 41.6 Å². The SMILES string of the molecule is CC(CN)CNC(=O)c1ccc(CNC(=O)c2cccs2)cc1. The highest BCUT2D eigenvalue weighted by molar-refractivity contribution is 7.12. The first kappa shape index (κ1) is 17.2. The topological polar surface area (TPSA) is 84.2 Å². The maximum absolute atomic E-state index is 12.0. The molecule has 5 nitrogen and oxygen atoms in total. The molecule has 1 aromatic carbocycles. The average Bonchev–Trinajstić information content (AvgIpc) is 3.12. The van der Waals surface area contributed by atoms with Gasteiger partial charge in [0.15, 0.2) is 0 Å². The fourth-order valence-electron chi connectivity index (χ4n) is 1.90. The van der Waals surface area contributed by atoms with E-state index in [-0.39, 0.29) is 17.7 Å². The van der Waals surface area contributed by atoms with E-state index in [4.69, 9.17) is 5.73 Å². The summed E-state index contributed by atoms with van der Waals surface area (Å²) < 4.78 is 0. The standard InChI is InChI=1S/C17H21N3O2S/c1-12(9-18)10-19-16(21)14-6-4-13(5-7-14)11-20-17(22)15-3-2-8-23-15/h2-8,12H,9-11,18H2,1H3,(H,19,21)(H,20,22). The van der Waals surface area contributed by atoms with Crippen LogP contribution in [0.2, 0.25) is 0 Å². The minimum atomic E-state index is -0.112. The Hall–Kier alpha value is -2.18. The maximum atomic E-state index is 12.0. The summed E-state index contributed by atoms with van der Waals surface area (Å²) in [4.78, 5) is 24.5. The second-order valence-electron chi connectivity index (χ2n) is 5.41. The molecule has 4 N–H and O–H groups in total. The van der Waals surface area contributed by atoms with Crippen molar-refractivity contribution < 1.29 is 9.59 Å². The lowest BCUT2D eigenvalue weighted by molar-refractivity contribution is 0.0942. The Morgan fingerprint density at radius 3 is 2.48 bits per heavy atom. The van der Waals surface area contributed by atoms with Crippen LogP contribution < -0.4 is 16.4 Å². The third-order valence-electron chi connectivity index (χ3n) is 3.43. The fourth-order valence-corrected chi connectivity index (χ4v) is 2.54. The first-order valence-electron chi connectivity index (χ1n) is 7.49. The number of carbonyl (C=O) groups excluding carboxylic acids is 2. The molecular formula is C17H21N3O2S. The molecule has 2 amide bonds. The lowest BCUT2D eigenvalue weighted by Gasteiger charge is -2.10. The highest BCUT2D eigenvalue weighted by Crippen LogP contribution is 2.09. The molecule has 122 valence electrons. The van der Waals surface area contributed by atoms with E-state index < -0.39 is 0 Å². The number of rotatable bonds is 7. The molecule has 0 radical (unpaired) electrons. The first-order valence-corrected chi connectivity index (χ1v) is 8.37. The summed E-state index contributed by atoms with van der Waals surface area (Å²) in [5.41, 5.74) is 7.07. The molecule has 2 rings (SSSR count). The number of hydrogen-bond donors (Lipinski definition) is 3. The summed E-state index contributed by atoms with van der Waals surface area (Å²) in [6.45, 7) is 3.53. The Kier molecular flexibility index (Phi) is 6.31. The van der Waals surface area contributed by atoms with Crippen molar-refractivity contribution in [3.63, 3.8) is 0 Å². The molecule has 0 saturated heterocycles. The Morgan fingerprint density at radius 1 is 1.13 bits per heavy atom. The van der Waals surface area contributed by atoms with E-state index in [1.165, 1.54) is 11.3 Å². The summed E-state index contributed by atoms with van der Waals surface area (Å²) in [5, 5.41) is 7.57. The third-order valence-corrected chi connectivity index (χ3v) is 4.30. The molecule has 6 heteroatoms. The molecule has 1 heterocycles. The lowest BCUT2D eigenvalue weighted by atomic mass is 10.1. The highest BCUT2D eigenvalue weighted by Gasteiger charge is 2.08. The molecule has 1 unspecified atom stereocenters. The molecule has 0 aliphatic heterocycles. The van der Waals surface area contributed by atoms with E-state index in [2.05, 4.69) is 10.6 Å². The van der Waals surface area contributed by atoms with Gasteiger partial charge >= 0.3 is 0 Å². The monoisotopic (exact) mass is 331 g/mol. The summed E-state index contributed by atoms with van der Waals surface area (Å²) >= 11 is 1.41.